The van der Waals surface area contributed by atoms with Crippen LogP contribution in [0.2, 0.25) is 0 Å². The third-order valence-electron chi connectivity index (χ3n) is 2.57. The van der Waals surface area contributed by atoms with Crippen molar-refractivity contribution in [2.75, 3.05) is 19.6 Å². The van der Waals surface area contributed by atoms with Gasteiger partial charge in [0.05, 0.1) is 6.54 Å². The predicted molar refractivity (Wildman–Crippen MR) is 84.7 cm³/mol. The lowest BCUT2D eigenvalue weighted by molar-refractivity contribution is 0.0955. The zero-order valence-corrected chi connectivity index (χ0v) is 12.8. The molecule has 0 unspecified atom stereocenters. The number of aromatic hydroxyl groups is 1. The Morgan fingerprint density at radius 1 is 1.24 bits per heavy atom. The van der Waals surface area contributed by atoms with Gasteiger partial charge in [0.25, 0.3) is 5.91 Å². The van der Waals surface area contributed by atoms with Crippen LogP contribution in [-0.4, -0.2) is 42.6 Å². The number of guanidine groups is 1. The van der Waals surface area contributed by atoms with Gasteiger partial charge >= 0.3 is 0 Å². The highest BCUT2D eigenvalue weighted by molar-refractivity contribution is 5.94. The fourth-order valence-corrected chi connectivity index (χ4v) is 1.65. The largest absolute Gasteiger partial charge is 0.508 e. The van der Waals surface area contributed by atoms with Crippen molar-refractivity contribution in [3.8, 4) is 5.75 Å². The second-order valence-electron chi connectivity index (χ2n) is 4.86. The number of rotatable bonds is 6. The summed E-state index contributed by atoms with van der Waals surface area (Å²) in [5, 5.41) is 18.3. The number of nitrogens with zero attached hydrogens (tertiary/aromatic N) is 1. The Balaban J connectivity index is 2.40. The van der Waals surface area contributed by atoms with E-state index in [1.54, 1.807) is 12.1 Å². The minimum atomic E-state index is -0.174. The summed E-state index contributed by atoms with van der Waals surface area (Å²) in [4.78, 5) is 16.2. The molecule has 0 aliphatic carbocycles. The van der Waals surface area contributed by atoms with Gasteiger partial charge in [0.2, 0.25) is 0 Å². The number of carbonyl (C=O) groups is 1. The highest BCUT2D eigenvalue weighted by Gasteiger charge is 2.04. The number of aliphatic imine (C=N–C) groups is 1. The summed E-state index contributed by atoms with van der Waals surface area (Å²) in [6.45, 7) is 7.82. The maximum absolute atomic E-state index is 11.8. The van der Waals surface area contributed by atoms with Crippen LogP contribution in [0, 0.1) is 0 Å². The zero-order chi connectivity index (χ0) is 15.7. The number of phenolic OH excluding ortho intramolecular Hbond substituents is 1. The average Bonchev–Trinajstić information content (AvgIpc) is 2.43. The quantitative estimate of drug-likeness (QED) is 0.359. The lowest BCUT2D eigenvalue weighted by Crippen LogP contribution is -2.41. The van der Waals surface area contributed by atoms with Crippen LogP contribution in [0.15, 0.2) is 29.3 Å². The van der Waals surface area contributed by atoms with Crippen LogP contribution in [0.5, 0.6) is 5.75 Å². The SMILES string of the molecule is CCNC(=NCCNC(=O)c1ccc(O)cc1)NC(C)C. The second-order valence-corrected chi connectivity index (χ2v) is 4.86. The number of hydrogen-bond acceptors (Lipinski definition) is 3. The van der Waals surface area contributed by atoms with Crippen molar-refractivity contribution in [2.45, 2.75) is 26.8 Å². The van der Waals surface area contributed by atoms with Crippen molar-refractivity contribution in [2.24, 2.45) is 4.99 Å². The Labute approximate surface area is 125 Å². The van der Waals surface area contributed by atoms with E-state index in [0.29, 0.717) is 24.7 Å². The molecule has 6 heteroatoms. The summed E-state index contributed by atoms with van der Waals surface area (Å²) in [6.07, 6.45) is 0. The highest BCUT2D eigenvalue weighted by Crippen LogP contribution is 2.09. The number of hydrogen-bond donors (Lipinski definition) is 4. The second kappa shape index (κ2) is 8.84. The molecule has 0 heterocycles. The first kappa shape index (κ1) is 16.8. The monoisotopic (exact) mass is 292 g/mol. The first-order chi connectivity index (χ1) is 10.0. The van der Waals surface area contributed by atoms with E-state index in [1.807, 2.05) is 20.8 Å². The highest BCUT2D eigenvalue weighted by atomic mass is 16.3. The van der Waals surface area contributed by atoms with Gasteiger partial charge in [0.1, 0.15) is 5.75 Å². The Bertz CT molecular complexity index is 469. The Kier molecular flexibility index (Phi) is 7.08. The molecular formula is C15H24N4O2. The Morgan fingerprint density at radius 2 is 1.90 bits per heavy atom. The summed E-state index contributed by atoms with van der Waals surface area (Å²) in [5.74, 6) is 0.713. The molecule has 1 aromatic rings. The molecule has 6 nitrogen and oxygen atoms in total. The third-order valence-corrected chi connectivity index (χ3v) is 2.57. The molecule has 0 aromatic heterocycles. The van der Waals surface area contributed by atoms with Gasteiger partial charge in [0.15, 0.2) is 5.96 Å². The third kappa shape index (κ3) is 6.65. The first-order valence-corrected chi connectivity index (χ1v) is 7.15. The van der Waals surface area contributed by atoms with Crippen molar-refractivity contribution < 1.29 is 9.90 Å². The molecule has 21 heavy (non-hydrogen) atoms. The van der Waals surface area contributed by atoms with Crippen LogP contribution in [0.3, 0.4) is 0 Å². The van der Waals surface area contributed by atoms with E-state index in [1.165, 1.54) is 12.1 Å². The number of nitrogens with one attached hydrogen (secondary N) is 3. The van der Waals surface area contributed by atoms with Crippen LogP contribution in [0.4, 0.5) is 0 Å². The summed E-state index contributed by atoms with van der Waals surface area (Å²) in [6, 6.07) is 6.44. The lowest BCUT2D eigenvalue weighted by Gasteiger charge is -2.14. The number of carbonyl (C=O) groups excluding carboxylic acids is 1. The van der Waals surface area contributed by atoms with E-state index in [9.17, 15) is 9.90 Å². The topological polar surface area (TPSA) is 85.8 Å². The van der Waals surface area contributed by atoms with Crippen LogP contribution in [-0.2, 0) is 0 Å². The minimum absolute atomic E-state index is 0.145. The molecule has 4 N–H and O–H groups in total. The average molecular weight is 292 g/mol. The van der Waals surface area contributed by atoms with Gasteiger partial charge in [-0.1, -0.05) is 0 Å². The van der Waals surface area contributed by atoms with Gasteiger partial charge in [-0.25, -0.2) is 0 Å². The molecule has 116 valence electrons. The molecule has 1 aromatic carbocycles. The van der Waals surface area contributed by atoms with Crippen LogP contribution < -0.4 is 16.0 Å². The normalized spacial score (nSPS) is 11.3. The van der Waals surface area contributed by atoms with Crippen molar-refractivity contribution >= 4 is 11.9 Å². The molecule has 0 radical (unpaired) electrons. The van der Waals surface area contributed by atoms with Crippen LogP contribution in [0.1, 0.15) is 31.1 Å². The van der Waals surface area contributed by atoms with E-state index in [4.69, 9.17) is 0 Å². The van der Waals surface area contributed by atoms with E-state index in [0.717, 1.165) is 12.5 Å². The molecule has 0 fully saturated rings. The van der Waals surface area contributed by atoms with Crippen molar-refractivity contribution in [3.63, 3.8) is 0 Å². The van der Waals surface area contributed by atoms with Crippen LogP contribution in [0.25, 0.3) is 0 Å². The maximum atomic E-state index is 11.8. The molecule has 1 rings (SSSR count). The summed E-state index contributed by atoms with van der Waals surface area (Å²) >= 11 is 0. The molecule has 0 aliphatic heterocycles. The van der Waals surface area contributed by atoms with E-state index >= 15 is 0 Å². The molecule has 0 bridgehead atoms. The van der Waals surface area contributed by atoms with Crippen molar-refractivity contribution in [3.05, 3.63) is 29.8 Å². The number of benzene rings is 1. The first-order valence-electron chi connectivity index (χ1n) is 7.15. The zero-order valence-electron chi connectivity index (χ0n) is 12.8. The maximum Gasteiger partial charge on any atom is 0.251 e. The summed E-state index contributed by atoms with van der Waals surface area (Å²) < 4.78 is 0. The van der Waals surface area contributed by atoms with Gasteiger partial charge in [-0.2, -0.15) is 0 Å². The summed E-state index contributed by atoms with van der Waals surface area (Å²) in [5.41, 5.74) is 0.518. The number of amides is 1. The fraction of sp³-hybridized carbons (Fsp3) is 0.467. The van der Waals surface area contributed by atoms with Crippen molar-refractivity contribution in [1.29, 1.82) is 0 Å². The molecule has 0 spiro atoms. The van der Waals surface area contributed by atoms with E-state index in [2.05, 4.69) is 20.9 Å². The number of phenols is 1. The van der Waals surface area contributed by atoms with Gasteiger partial charge in [0, 0.05) is 24.7 Å². The molecular weight excluding hydrogens is 268 g/mol. The van der Waals surface area contributed by atoms with Gasteiger partial charge in [-0.15, -0.1) is 0 Å². The van der Waals surface area contributed by atoms with E-state index < -0.39 is 0 Å². The van der Waals surface area contributed by atoms with Gasteiger partial charge in [-0.3, -0.25) is 9.79 Å². The molecule has 0 saturated carbocycles. The van der Waals surface area contributed by atoms with Crippen LogP contribution >= 0.6 is 0 Å². The predicted octanol–water partition coefficient (Wildman–Crippen LogP) is 1.09. The standard InChI is InChI=1S/C15H24N4O2/c1-4-16-15(19-11(2)3)18-10-9-17-14(21)12-5-7-13(20)8-6-12/h5-8,11,20H,4,9-10H2,1-3H3,(H,17,21)(H2,16,18,19). The van der Waals surface area contributed by atoms with Gasteiger partial charge in [-0.05, 0) is 45.0 Å². The molecule has 0 saturated heterocycles. The lowest BCUT2D eigenvalue weighted by atomic mass is 10.2. The molecule has 0 aliphatic rings. The van der Waals surface area contributed by atoms with E-state index in [-0.39, 0.29) is 11.7 Å². The molecule has 1 amide bonds. The fourth-order valence-electron chi connectivity index (χ4n) is 1.65. The Hall–Kier alpha value is -2.24. The smallest absolute Gasteiger partial charge is 0.251 e. The minimum Gasteiger partial charge on any atom is -0.508 e. The van der Waals surface area contributed by atoms with Crippen molar-refractivity contribution in [1.82, 2.24) is 16.0 Å². The summed E-state index contributed by atoms with van der Waals surface area (Å²) in [7, 11) is 0. The van der Waals surface area contributed by atoms with Gasteiger partial charge < -0.3 is 21.1 Å². The molecule has 0 atom stereocenters. The Morgan fingerprint density at radius 3 is 2.48 bits per heavy atom.